The first-order valence-electron chi connectivity index (χ1n) is 16.9. The molecule has 4 N–H and O–H groups in total. The molecule has 5 rings (SSSR count). The molecular formula is C38H44N5O8+. The Kier molecular flexibility index (Phi) is 10.5. The van der Waals surface area contributed by atoms with E-state index in [4.69, 9.17) is 9.47 Å². The van der Waals surface area contributed by atoms with Crippen LogP contribution < -0.4 is 20.8 Å². The van der Waals surface area contributed by atoms with Gasteiger partial charge in [0.05, 0.1) is 16.0 Å². The maximum atomic E-state index is 14.0. The van der Waals surface area contributed by atoms with E-state index in [9.17, 15) is 29.2 Å². The van der Waals surface area contributed by atoms with Crippen molar-refractivity contribution in [1.82, 2.24) is 25.4 Å². The Morgan fingerprint density at radius 2 is 1.41 bits per heavy atom. The van der Waals surface area contributed by atoms with Gasteiger partial charge in [-0.05, 0) is 114 Å². The quantitative estimate of drug-likeness (QED) is 0.0999. The van der Waals surface area contributed by atoms with Crippen molar-refractivity contribution in [1.29, 1.82) is 0 Å². The van der Waals surface area contributed by atoms with Crippen LogP contribution in [0.5, 0.6) is 0 Å². The fourth-order valence-corrected chi connectivity index (χ4v) is 6.24. The van der Waals surface area contributed by atoms with Crippen molar-refractivity contribution in [2.45, 2.75) is 97.1 Å². The van der Waals surface area contributed by atoms with Crippen molar-refractivity contribution in [3.05, 3.63) is 88.0 Å². The van der Waals surface area contributed by atoms with Crippen molar-refractivity contribution >= 4 is 51.6 Å². The molecular weight excluding hydrogens is 654 g/mol. The van der Waals surface area contributed by atoms with E-state index in [1.807, 2.05) is 45.0 Å². The number of alkyl carbamates (subject to hydrolysis) is 2. The average Bonchev–Trinajstić information content (AvgIpc) is 3.40. The molecule has 0 radical (unpaired) electrons. The molecule has 13 heteroatoms. The van der Waals surface area contributed by atoms with Gasteiger partial charge < -0.3 is 29.8 Å². The molecule has 0 bridgehead atoms. The van der Waals surface area contributed by atoms with Gasteiger partial charge in [0, 0.05) is 34.4 Å². The summed E-state index contributed by atoms with van der Waals surface area (Å²) in [7, 11) is 0. The summed E-state index contributed by atoms with van der Waals surface area (Å²) in [5.41, 5.74) is 0.524. The smallest absolute Gasteiger partial charge is 0.478 e. The van der Waals surface area contributed by atoms with Gasteiger partial charge in [0.25, 0.3) is 5.91 Å². The summed E-state index contributed by atoms with van der Waals surface area (Å²) in [6.07, 6.45) is 1.28. The number of amidine groups is 1. The molecule has 13 nitrogen and oxygen atoms in total. The number of aromatic nitrogens is 1. The monoisotopic (exact) mass is 698 g/mol. The molecule has 1 aromatic heterocycles. The Bertz CT molecular complexity index is 2040. The van der Waals surface area contributed by atoms with Crippen molar-refractivity contribution in [3.8, 4) is 0 Å². The molecule has 268 valence electrons. The zero-order valence-corrected chi connectivity index (χ0v) is 29.7. The molecule has 3 aromatic carbocycles. The second-order valence-electron chi connectivity index (χ2n) is 14.8. The first-order chi connectivity index (χ1) is 24.0. The lowest BCUT2D eigenvalue weighted by molar-refractivity contribution is 0.0486. The summed E-state index contributed by atoms with van der Waals surface area (Å²) in [6, 6.07) is 17.1. The van der Waals surface area contributed by atoms with E-state index in [1.165, 1.54) is 0 Å². The van der Waals surface area contributed by atoms with Gasteiger partial charge in [-0.3, -0.25) is 4.79 Å². The largest absolute Gasteiger partial charge is 0.506 e. The van der Waals surface area contributed by atoms with E-state index in [-0.39, 0.29) is 41.5 Å². The number of hydrogen-bond acceptors (Lipinski definition) is 7. The van der Waals surface area contributed by atoms with E-state index in [1.54, 1.807) is 61.7 Å². The van der Waals surface area contributed by atoms with Gasteiger partial charge in [-0.2, -0.15) is 10.1 Å². The molecule has 3 amide bonds. The third-order valence-corrected chi connectivity index (χ3v) is 8.43. The number of fused-ring (bicyclic) bond motifs is 2. The summed E-state index contributed by atoms with van der Waals surface area (Å²) in [5.74, 6) is -1.68. The highest BCUT2D eigenvalue weighted by molar-refractivity contribution is 6.08. The molecule has 1 aliphatic rings. The molecule has 4 aromatic rings. The summed E-state index contributed by atoms with van der Waals surface area (Å²) in [6.45, 7) is 10.6. The van der Waals surface area contributed by atoms with Gasteiger partial charge in [-0.1, -0.05) is 30.3 Å². The highest BCUT2D eigenvalue weighted by atomic mass is 16.6. The number of aromatic carboxylic acids is 1. The molecule has 0 saturated heterocycles. The van der Waals surface area contributed by atoms with E-state index >= 15 is 0 Å². The lowest BCUT2D eigenvalue weighted by atomic mass is 9.91. The topological polar surface area (TPSA) is 179 Å². The van der Waals surface area contributed by atoms with Crippen molar-refractivity contribution in [2.24, 2.45) is 0 Å². The van der Waals surface area contributed by atoms with E-state index in [0.717, 1.165) is 10.8 Å². The number of nitrogens with one attached hydrogen (secondary N) is 3. The summed E-state index contributed by atoms with van der Waals surface area (Å²) in [4.78, 5) is 65.9. The van der Waals surface area contributed by atoms with E-state index in [2.05, 4.69) is 20.8 Å². The van der Waals surface area contributed by atoms with Crippen LogP contribution in [0, 0.1) is 4.91 Å². The fraction of sp³-hybridized carbons (Fsp3) is 0.395. The number of carbonyl (C=O) groups is 4. The Labute approximate surface area is 295 Å². The minimum absolute atomic E-state index is 0.0705. The minimum Gasteiger partial charge on any atom is -0.478 e. The lowest BCUT2D eigenvalue weighted by Gasteiger charge is -2.30. The van der Waals surface area contributed by atoms with Crippen LogP contribution in [0.15, 0.2) is 60.7 Å². The Morgan fingerprint density at radius 1 is 0.784 bits per heavy atom. The third-order valence-electron chi connectivity index (χ3n) is 8.43. The summed E-state index contributed by atoms with van der Waals surface area (Å²) < 4.78 is 12.5. The number of hydrogen-bond donors (Lipinski definition) is 4. The number of rotatable bonds is 7. The number of amides is 3. The maximum absolute atomic E-state index is 14.0. The number of ether oxygens (including phenoxy) is 2. The number of carbonyl (C=O) groups excluding carboxylic acids is 3. The lowest BCUT2D eigenvalue weighted by Crippen LogP contribution is -2.45. The maximum Gasteiger partial charge on any atom is 0.506 e. The molecule has 1 fully saturated rings. The van der Waals surface area contributed by atoms with Gasteiger partial charge in [-0.15, -0.1) is 0 Å². The number of benzene rings is 3. The summed E-state index contributed by atoms with van der Waals surface area (Å²) in [5, 5.41) is 20.6. The average molecular weight is 699 g/mol. The molecule has 0 atom stereocenters. The number of carboxylic acids is 1. The second kappa shape index (κ2) is 14.7. The first kappa shape index (κ1) is 36.6. The first-order valence-corrected chi connectivity index (χ1v) is 16.9. The molecule has 0 unspecified atom stereocenters. The number of carboxylic acid groups (broad SMARTS) is 1. The van der Waals surface area contributed by atoms with Crippen LogP contribution in [0.3, 0.4) is 0 Å². The van der Waals surface area contributed by atoms with Crippen molar-refractivity contribution < 1.29 is 33.8 Å². The van der Waals surface area contributed by atoms with Gasteiger partial charge in [0.1, 0.15) is 16.9 Å². The van der Waals surface area contributed by atoms with Crippen LogP contribution in [0.2, 0.25) is 0 Å². The van der Waals surface area contributed by atoms with Crippen LogP contribution in [0.4, 0.5) is 9.59 Å². The van der Waals surface area contributed by atoms with Crippen LogP contribution in [0.1, 0.15) is 99.2 Å². The standard InChI is InChI=1S/C38H43N5O8/c1-37(2,3)50-35(47)40-28-15-13-27(14-16-28)39-33(44)31-19-23-11-12-24(32(42-49)41-36(48)51-38(4,5)6)20-30(23)43(31)21-26-18-25(34(45)46)17-22-9-7-8-10-29(22)26/h7-12,17-20,27-28H,13-16,21H2,1-6H3,(H3,39,40,44,45,46,47)/p+1. The van der Waals surface area contributed by atoms with E-state index in [0.29, 0.717) is 47.8 Å². The van der Waals surface area contributed by atoms with Crippen LogP contribution in [-0.2, 0) is 16.0 Å². The van der Waals surface area contributed by atoms with Gasteiger partial charge in [0.15, 0.2) is 0 Å². The zero-order chi connectivity index (χ0) is 37.1. The molecule has 0 spiro atoms. The predicted octanol–water partition coefficient (Wildman–Crippen LogP) is 6.21. The Hall–Kier alpha value is -5.68. The highest BCUT2D eigenvalue weighted by Crippen LogP contribution is 2.28. The number of nitrogens with zero attached hydrogens (tertiary/aromatic N) is 2. The molecule has 1 aliphatic carbocycles. The summed E-state index contributed by atoms with van der Waals surface area (Å²) >= 11 is 0. The second-order valence-corrected chi connectivity index (χ2v) is 14.8. The Morgan fingerprint density at radius 3 is 2.04 bits per heavy atom. The van der Waals surface area contributed by atoms with Crippen molar-refractivity contribution in [3.63, 3.8) is 0 Å². The third kappa shape index (κ3) is 9.31. The molecule has 51 heavy (non-hydrogen) atoms. The van der Waals surface area contributed by atoms with Crippen LogP contribution >= 0.6 is 0 Å². The van der Waals surface area contributed by atoms with Gasteiger partial charge >= 0.3 is 24.0 Å². The van der Waals surface area contributed by atoms with E-state index < -0.39 is 29.4 Å². The van der Waals surface area contributed by atoms with Gasteiger partial charge in [0.2, 0.25) is 0 Å². The Balaban J connectivity index is 1.48. The zero-order valence-electron chi connectivity index (χ0n) is 29.7. The minimum atomic E-state index is -1.08. The molecule has 1 saturated carbocycles. The SMILES string of the molecule is CC(C)(C)OC(=O)NC(=[N+]=O)c1ccc2cc(C(=O)NC3CCC(NC(=O)OC(C)(C)C)CC3)n(Cc3cc(C(=O)O)cc4ccccc34)c2c1. The molecule has 0 aliphatic heterocycles. The van der Waals surface area contributed by atoms with Crippen LogP contribution in [-0.4, -0.2) is 62.9 Å². The highest BCUT2D eigenvalue weighted by Gasteiger charge is 2.29. The molecule has 1 heterocycles. The van der Waals surface area contributed by atoms with Crippen LogP contribution in [0.25, 0.3) is 21.7 Å². The fourth-order valence-electron chi connectivity index (χ4n) is 6.24. The normalized spacial score (nSPS) is 16.2. The number of nitroso groups, excluding NO2 is 1. The predicted molar refractivity (Wildman–Crippen MR) is 194 cm³/mol. The van der Waals surface area contributed by atoms with Crippen molar-refractivity contribution in [2.75, 3.05) is 0 Å². The van der Waals surface area contributed by atoms with Gasteiger partial charge in [-0.25, -0.2) is 9.59 Å².